The molecule has 0 aliphatic carbocycles. The molecule has 3 rings (SSSR count). The summed E-state index contributed by atoms with van der Waals surface area (Å²) in [5.74, 6) is 0.707. The van der Waals surface area contributed by atoms with E-state index in [0.717, 1.165) is 26.5 Å². The highest BCUT2D eigenvalue weighted by molar-refractivity contribution is 9.10. The highest BCUT2D eigenvalue weighted by Crippen LogP contribution is 2.38. The van der Waals surface area contributed by atoms with Crippen LogP contribution in [0.15, 0.2) is 46.3 Å². The molecule has 21 heavy (non-hydrogen) atoms. The first-order valence-corrected chi connectivity index (χ1v) is 8.27. The van der Waals surface area contributed by atoms with Crippen molar-refractivity contribution in [3.63, 3.8) is 0 Å². The number of aliphatic hydroxyl groups excluding tert-OH is 1. The van der Waals surface area contributed by atoms with E-state index in [4.69, 9.17) is 4.74 Å². The van der Waals surface area contributed by atoms with E-state index in [1.54, 1.807) is 18.4 Å². The van der Waals surface area contributed by atoms with Crippen LogP contribution in [0.3, 0.4) is 0 Å². The topological polar surface area (TPSA) is 29.5 Å². The van der Waals surface area contributed by atoms with E-state index in [1.165, 1.54) is 4.70 Å². The van der Waals surface area contributed by atoms with Gasteiger partial charge in [0.1, 0.15) is 11.9 Å². The molecule has 1 unspecified atom stereocenters. The van der Waals surface area contributed by atoms with Gasteiger partial charge < -0.3 is 9.84 Å². The average Bonchev–Trinajstić information content (AvgIpc) is 2.92. The zero-order valence-corrected chi connectivity index (χ0v) is 14.2. The van der Waals surface area contributed by atoms with Crippen LogP contribution in [-0.2, 0) is 0 Å². The van der Waals surface area contributed by atoms with Gasteiger partial charge in [0.25, 0.3) is 0 Å². The normalized spacial score (nSPS) is 12.6. The third-order valence-electron chi connectivity index (χ3n) is 3.61. The van der Waals surface area contributed by atoms with Crippen LogP contribution >= 0.6 is 27.3 Å². The van der Waals surface area contributed by atoms with Crippen molar-refractivity contribution >= 4 is 37.4 Å². The zero-order chi connectivity index (χ0) is 15.0. The molecule has 1 atom stereocenters. The molecule has 1 heterocycles. The Morgan fingerprint density at radius 2 is 1.95 bits per heavy atom. The molecular formula is C17H15BrO2S. The van der Waals surface area contributed by atoms with Crippen molar-refractivity contribution in [1.82, 2.24) is 0 Å². The first kappa shape index (κ1) is 14.6. The molecule has 0 radical (unpaired) electrons. The van der Waals surface area contributed by atoms with Crippen LogP contribution in [0.4, 0.5) is 0 Å². The smallest absolute Gasteiger partial charge is 0.125 e. The van der Waals surface area contributed by atoms with E-state index < -0.39 is 6.10 Å². The number of aryl methyl sites for hydroxylation is 1. The summed E-state index contributed by atoms with van der Waals surface area (Å²) in [7, 11) is 1.63. The van der Waals surface area contributed by atoms with Gasteiger partial charge in [-0.1, -0.05) is 34.1 Å². The molecule has 4 heteroatoms. The lowest BCUT2D eigenvalue weighted by atomic mass is 9.99. The average molecular weight is 363 g/mol. The lowest BCUT2D eigenvalue weighted by molar-refractivity contribution is 0.216. The fourth-order valence-corrected chi connectivity index (χ4v) is 3.78. The molecule has 0 amide bonds. The molecule has 2 aromatic carbocycles. The van der Waals surface area contributed by atoms with Crippen molar-refractivity contribution in [2.24, 2.45) is 0 Å². The number of benzene rings is 2. The predicted molar refractivity (Wildman–Crippen MR) is 91.3 cm³/mol. The van der Waals surface area contributed by atoms with E-state index in [0.29, 0.717) is 5.75 Å². The van der Waals surface area contributed by atoms with Crippen molar-refractivity contribution in [2.75, 3.05) is 7.11 Å². The first-order chi connectivity index (χ1) is 10.1. The fourth-order valence-electron chi connectivity index (χ4n) is 2.44. The maximum absolute atomic E-state index is 10.8. The Kier molecular flexibility index (Phi) is 4.02. The zero-order valence-electron chi connectivity index (χ0n) is 11.8. The van der Waals surface area contributed by atoms with Crippen molar-refractivity contribution in [3.8, 4) is 5.75 Å². The monoisotopic (exact) mass is 362 g/mol. The second-order valence-corrected chi connectivity index (χ2v) is 6.70. The molecule has 2 nitrogen and oxygen atoms in total. The number of fused-ring (bicyclic) bond motifs is 1. The quantitative estimate of drug-likeness (QED) is 0.705. The summed E-state index contributed by atoms with van der Waals surface area (Å²) < 4.78 is 7.58. The Balaban J connectivity index is 2.14. The number of halogens is 1. The highest BCUT2D eigenvalue weighted by atomic mass is 79.9. The molecule has 0 saturated heterocycles. The third kappa shape index (κ3) is 2.59. The first-order valence-electron chi connectivity index (χ1n) is 6.60. The molecule has 0 fully saturated rings. The van der Waals surface area contributed by atoms with E-state index in [2.05, 4.69) is 22.0 Å². The van der Waals surface area contributed by atoms with Gasteiger partial charge in [0, 0.05) is 20.3 Å². The molecule has 3 aromatic rings. The molecule has 108 valence electrons. The second-order valence-electron chi connectivity index (χ2n) is 4.93. The standard InChI is InChI=1S/C17H15BrO2S/c1-10-7-15(20-2)12(8-14(10)18)17(19)13-9-21-16-6-4-3-5-11(13)16/h3-9,17,19H,1-2H3. The SMILES string of the molecule is COc1cc(C)c(Br)cc1C(O)c1csc2ccccc12. The fraction of sp³-hybridized carbons (Fsp3) is 0.176. The molecule has 0 bridgehead atoms. The van der Waals surface area contributed by atoms with Crippen molar-refractivity contribution < 1.29 is 9.84 Å². The minimum absolute atomic E-state index is 0.701. The van der Waals surface area contributed by atoms with Crippen LogP contribution in [0.25, 0.3) is 10.1 Å². The summed E-state index contributed by atoms with van der Waals surface area (Å²) in [4.78, 5) is 0. The Bertz CT molecular complexity index is 795. The largest absolute Gasteiger partial charge is 0.496 e. The number of hydrogen-bond donors (Lipinski definition) is 1. The number of thiophene rings is 1. The van der Waals surface area contributed by atoms with Crippen LogP contribution in [0, 0.1) is 6.92 Å². The number of aliphatic hydroxyl groups is 1. The molecule has 1 N–H and O–H groups in total. The van der Waals surface area contributed by atoms with Gasteiger partial charge in [0.15, 0.2) is 0 Å². The van der Waals surface area contributed by atoms with E-state index in [9.17, 15) is 5.11 Å². The number of methoxy groups -OCH3 is 1. The summed E-state index contributed by atoms with van der Waals surface area (Å²) in [5, 5.41) is 13.9. The minimum atomic E-state index is -0.701. The lowest BCUT2D eigenvalue weighted by Gasteiger charge is -2.16. The van der Waals surface area contributed by atoms with Crippen LogP contribution in [0.1, 0.15) is 22.8 Å². The molecule has 1 aromatic heterocycles. The van der Waals surface area contributed by atoms with Crippen molar-refractivity contribution in [2.45, 2.75) is 13.0 Å². The van der Waals surface area contributed by atoms with Gasteiger partial charge in [-0.15, -0.1) is 11.3 Å². The van der Waals surface area contributed by atoms with Gasteiger partial charge in [0.2, 0.25) is 0 Å². The maximum Gasteiger partial charge on any atom is 0.125 e. The number of rotatable bonds is 3. The van der Waals surface area contributed by atoms with Gasteiger partial charge in [-0.2, -0.15) is 0 Å². The van der Waals surface area contributed by atoms with Gasteiger partial charge in [-0.05, 0) is 41.5 Å². The third-order valence-corrected chi connectivity index (χ3v) is 5.45. The molecule has 0 aliphatic rings. The maximum atomic E-state index is 10.8. The number of ether oxygens (including phenoxy) is 1. The Hall–Kier alpha value is -1.36. The van der Waals surface area contributed by atoms with Gasteiger partial charge in [-0.25, -0.2) is 0 Å². The Morgan fingerprint density at radius 1 is 1.19 bits per heavy atom. The number of hydrogen-bond acceptors (Lipinski definition) is 3. The van der Waals surface area contributed by atoms with E-state index in [-0.39, 0.29) is 0 Å². The van der Waals surface area contributed by atoms with Crippen LogP contribution in [0.2, 0.25) is 0 Å². The van der Waals surface area contributed by atoms with Crippen LogP contribution in [0.5, 0.6) is 5.75 Å². The summed E-state index contributed by atoms with van der Waals surface area (Å²) in [6, 6.07) is 12.0. The summed E-state index contributed by atoms with van der Waals surface area (Å²) in [6.45, 7) is 2.00. The molecular weight excluding hydrogens is 348 g/mol. The minimum Gasteiger partial charge on any atom is -0.496 e. The Labute approximate surface area is 136 Å². The van der Waals surface area contributed by atoms with Gasteiger partial charge >= 0.3 is 0 Å². The summed E-state index contributed by atoms with van der Waals surface area (Å²) in [5.41, 5.74) is 2.78. The molecule has 0 saturated carbocycles. The van der Waals surface area contributed by atoms with E-state index >= 15 is 0 Å². The Morgan fingerprint density at radius 3 is 2.71 bits per heavy atom. The van der Waals surface area contributed by atoms with Crippen molar-refractivity contribution in [3.05, 3.63) is 62.9 Å². The van der Waals surface area contributed by atoms with Crippen molar-refractivity contribution in [1.29, 1.82) is 0 Å². The summed E-state index contributed by atoms with van der Waals surface area (Å²) >= 11 is 5.17. The highest BCUT2D eigenvalue weighted by Gasteiger charge is 2.20. The second kappa shape index (κ2) is 5.79. The molecule has 0 spiro atoms. The molecule has 0 aliphatic heterocycles. The van der Waals surface area contributed by atoms with Crippen LogP contribution in [-0.4, -0.2) is 12.2 Å². The van der Waals surface area contributed by atoms with Gasteiger partial charge in [-0.3, -0.25) is 0 Å². The summed E-state index contributed by atoms with van der Waals surface area (Å²) in [6.07, 6.45) is -0.701. The van der Waals surface area contributed by atoms with E-state index in [1.807, 2.05) is 42.6 Å². The lowest BCUT2D eigenvalue weighted by Crippen LogP contribution is -2.02. The van der Waals surface area contributed by atoms with Gasteiger partial charge in [0.05, 0.1) is 7.11 Å². The van der Waals surface area contributed by atoms with Crippen LogP contribution < -0.4 is 4.74 Å². The predicted octanol–water partition coefficient (Wildman–Crippen LogP) is 5.06.